The zero-order valence-electron chi connectivity index (χ0n) is 17.1. The number of amides is 1. The minimum absolute atomic E-state index is 0.0920. The van der Waals surface area contributed by atoms with E-state index in [-0.39, 0.29) is 5.91 Å². The van der Waals surface area contributed by atoms with Crippen LogP contribution in [0.3, 0.4) is 0 Å². The number of imidazole rings is 1. The summed E-state index contributed by atoms with van der Waals surface area (Å²) in [7, 11) is 0. The predicted molar refractivity (Wildman–Crippen MR) is 120 cm³/mol. The summed E-state index contributed by atoms with van der Waals surface area (Å²) in [6.07, 6.45) is 7.90. The Balaban J connectivity index is 1.78. The summed E-state index contributed by atoms with van der Waals surface area (Å²) in [6.45, 7) is 5.07. The lowest BCUT2D eigenvalue weighted by Gasteiger charge is -2.16. The first kappa shape index (κ1) is 21.1. The van der Waals surface area contributed by atoms with Gasteiger partial charge in [0.2, 0.25) is 0 Å². The van der Waals surface area contributed by atoms with Gasteiger partial charge in [0.15, 0.2) is 0 Å². The van der Waals surface area contributed by atoms with Gasteiger partial charge in [-0.25, -0.2) is 4.98 Å². The van der Waals surface area contributed by atoms with Crippen molar-refractivity contribution in [3.63, 3.8) is 0 Å². The van der Waals surface area contributed by atoms with Gasteiger partial charge in [-0.3, -0.25) is 9.36 Å². The molecule has 5 heteroatoms. The normalized spacial score (nSPS) is 12.0. The molecule has 0 aliphatic rings. The largest absolute Gasteiger partial charge is 0.350 e. The van der Waals surface area contributed by atoms with Crippen molar-refractivity contribution in [2.45, 2.75) is 39.5 Å². The number of halogens is 1. The van der Waals surface area contributed by atoms with E-state index in [1.165, 1.54) is 12.8 Å². The van der Waals surface area contributed by atoms with E-state index in [1.54, 1.807) is 12.5 Å². The number of aromatic nitrogens is 2. The topological polar surface area (TPSA) is 46.9 Å². The van der Waals surface area contributed by atoms with E-state index in [9.17, 15) is 4.79 Å². The van der Waals surface area contributed by atoms with Crippen molar-refractivity contribution >= 4 is 17.5 Å². The molecule has 1 aromatic heterocycles. The standard InChI is InChI=1S/C24H28ClN3O/c1-3-5-8-18(4-2)15-27-24(29)23-16-26-17-28(23)22-12-7-10-20(14-22)19-9-6-11-21(25)13-19/h6-7,9-14,16-18H,3-5,8,15H2,1-2H3,(H,27,29). The molecule has 4 nitrogen and oxygen atoms in total. The smallest absolute Gasteiger partial charge is 0.269 e. The van der Waals surface area contributed by atoms with Gasteiger partial charge < -0.3 is 5.32 Å². The second kappa shape index (κ2) is 10.3. The fraction of sp³-hybridized carbons (Fsp3) is 0.333. The van der Waals surface area contributed by atoms with Crippen LogP contribution in [0.1, 0.15) is 50.0 Å². The molecular formula is C24H28ClN3O. The molecule has 0 aliphatic carbocycles. The highest BCUT2D eigenvalue weighted by Gasteiger charge is 2.15. The van der Waals surface area contributed by atoms with Gasteiger partial charge in [0.1, 0.15) is 5.69 Å². The number of nitrogens with zero attached hydrogens (tertiary/aromatic N) is 2. The van der Waals surface area contributed by atoms with Crippen LogP contribution < -0.4 is 5.32 Å². The summed E-state index contributed by atoms with van der Waals surface area (Å²) in [5, 5.41) is 3.79. The third-order valence-corrected chi connectivity index (χ3v) is 5.48. The van der Waals surface area contributed by atoms with Crippen LogP contribution in [0.5, 0.6) is 0 Å². The van der Waals surface area contributed by atoms with Gasteiger partial charge in [-0.2, -0.15) is 0 Å². The number of hydrogen-bond acceptors (Lipinski definition) is 2. The lowest BCUT2D eigenvalue weighted by atomic mass is 9.99. The Kier molecular flexibility index (Phi) is 7.48. The van der Waals surface area contributed by atoms with Crippen LogP contribution in [0.2, 0.25) is 5.02 Å². The second-order valence-electron chi connectivity index (χ2n) is 7.34. The summed E-state index contributed by atoms with van der Waals surface area (Å²) < 4.78 is 1.83. The molecular weight excluding hydrogens is 382 g/mol. The molecule has 2 aromatic carbocycles. The number of rotatable bonds is 9. The van der Waals surface area contributed by atoms with Gasteiger partial charge in [-0.05, 0) is 47.7 Å². The molecule has 0 aliphatic heterocycles. The van der Waals surface area contributed by atoms with Crippen molar-refractivity contribution in [2.75, 3.05) is 6.54 Å². The molecule has 0 saturated carbocycles. The maximum atomic E-state index is 12.8. The fourth-order valence-corrected chi connectivity index (χ4v) is 3.63. The average molecular weight is 410 g/mol. The molecule has 1 unspecified atom stereocenters. The van der Waals surface area contributed by atoms with Gasteiger partial charge in [-0.15, -0.1) is 0 Å². The molecule has 1 N–H and O–H groups in total. The zero-order valence-corrected chi connectivity index (χ0v) is 17.8. The quantitative estimate of drug-likeness (QED) is 0.461. The van der Waals surface area contributed by atoms with Crippen LogP contribution in [0.4, 0.5) is 0 Å². The molecule has 0 bridgehead atoms. The first-order valence-electron chi connectivity index (χ1n) is 10.3. The minimum atomic E-state index is -0.0920. The number of benzene rings is 2. The summed E-state index contributed by atoms with van der Waals surface area (Å²) in [4.78, 5) is 17.0. The monoisotopic (exact) mass is 409 g/mol. The van der Waals surface area contributed by atoms with Gasteiger partial charge in [0, 0.05) is 17.3 Å². The van der Waals surface area contributed by atoms with Gasteiger partial charge in [-0.1, -0.05) is 69.0 Å². The number of carbonyl (C=O) groups excluding carboxylic acids is 1. The number of hydrogen-bond donors (Lipinski definition) is 1. The van der Waals surface area contributed by atoms with E-state index in [1.807, 2.05) is 53.1 Å². The van der Waals surface area contributed by atoms with Crippen molar-refractivity contribution in [3.8, 4) is 16.8 Å². The third-order valence-electron chi connectivity index (χ3n) is 5.25. The van der Waals surface area contributed by atoms with Crippen molar-refractivity contribution in [1.82, 2.24) is 14.9 Å². The zero-order chi connectivity index (χ0) is 20.6. The first-order valence-corrected chi connectivity index (χ1v) is 10.7. The highest BCUT2D eigenvalue weighted by atomic mass is 35.5. The van der Waals surface area contributed by atoms with E-state index in [0.29, 0.717) is 23.2 Å². The molecule has 1 atom stereocenters. The Morgan fingerprint density at radius 3 is 2.62 bits per heavy atom. The Morgan fingerprint density at radius 2 is 1.90 bits per heavy atom. The lowest BCUT2D eigenvalue weighted by molar-refractivity contribution is 0.0939. The van der Waals surface area contributed by atoms with Crippen LogP contribution in [0, 0.1) is 5.92 Å². The maximum Gasteiger partial charge on any atom is 0.269 e. The molecule has 152 valence electrons. The van der Waals surface area contributed by atoms with E-state index >= 15 is 0 Å². The highest BCUT2D eigenvalue weighted by molar-refractivity contribution is 6.30. The van der Waals surface area contributed by atoms with E-state index in [2.05, 4.69) is 24.1 Å². The van der Waals surface area contributed by atoms with Gasteiger partial charge >= 0.3 is 0 Å². The first-order chi connectivity index (χ1) is 14.1. The maximum absolute atomic E-state index is 12.8. The highest BCUT2D eigenvalue weighted by Crippen LogP contribution is 2.25. The fourth-order valence-electron chi connectivity index (χ4n) is 3.44. The van der Waals surface area contributed by atoms with Gasteiger partial charge in [0.25, 0.3) is 5.91 Å². The van der Waals surface area contributed by atoms with Crippen molar-refractivity contribution in [1.29, 1.82) is 0 Å². The molecule has 0 saturated heterocycles. The van der Waals surface area contributed by atoms with Crippen LogP contribution in [0.15, 0.2) is 61.1 Å². The molecule has 0 radical (unpaired) electrons. The SMILES string of the molecule is CCCCC(CC)CNC(=O)c1cncn1-c1cccc(-c2cccc(Cl)c2)c1. The van der Waals surface area contributed by atoms with Crippen molar-refractivity contribution < 1.29 is 4.79 Å². The molecule has 1 heterocycles. The third kappa shape index (κ3) is 5.48. The molecule has 0 spiro atoms. The van der Waals surface area contributed by atoms with E-state index < -0.39 is 0 Å². The van der Waals surface area contributed by atoms with E-state index in [4.69, 9.17) is 11.6 Å². The molecule has 0 fully saturated rings. The Morgan fingerprint density at radius 1 is 1.14 bits per heavy atom. The van der Waals surface area contributed by atoms with Crippen LogP contribution in [-0.2, 0) is 0 Å². The van der Waals surface area contributed by atoms with Crippen LogP contribution in [-0.4, -0.2) is 22.0 Å². The Labute approximate surface area is 177 Å². The lowest BCUT2D eigenvalue weighted by Crippen LogP contribution is -2.30. The predicted octanol–water partition coefficient (Wildman–Crippen LogP) is 6.14. The minimum Gasteiger partial charge on any atom is -0.350 e. The van der Waals surface area contributed by atoms with E-state index in [0.717, 1.165) is 29.7 Å². The molecule has 3 aromatic rings. The summed E-state index contributed by atoms with van der Waals surface area (Å²) in [5.41, 5.74) is 3.50. The molecule has 1 amide bonds. The summed E-state index contributed by atoms with van der Waals surface area (Å²) in [6, 6.07) is 15.8. The summed E-state index contributed by atoms with van der Waals surface area (Å²) in [5.74, 6) is 0.423. The Bertz CT molecular complexity index is 951. The Hall–Kier alpha value is -2.59. The number of nitrogens with one attached hydrogen (secondary N) is 1. The van der Waals surface area contributed by atoms with Crippen molar-refractivity contribution in [3.05, 3.63) is 71.8 Å². The van der Waals surface area contributed by atoms with Crippen molar-refractivity contribution in [2.24, 2.45) is 5.92 Å². The molecule has 29 heavy (non-hydrogen) atoms. The molecule has 3 rings (SSSR count). The summed E-state index contributed by atoms with van der Waals surface area (Å²) >= 11 is 6.14. The second-order valence-corrected chi connectivity index (χ2v) is 7.77. The average Bonchev–Trinajstić information content (AvgIpc) is 3.24. The van der Waals surface area contributed by atoms with Gasteiger partial charge in [0.05, 0.1) is 12.5 Å². The van der Waals surface area contributed by atoms with Crippen LogP contribution >= 0.6 is 11.6 Å². The number of unbranched alkanes of at least 4 members (excludes halogenated alkanes) is 1. The van der Waals surface area contributed by atoms with Crippen LogP contribution in [0.25, 0.3) is 16.8 Å². The number of carbonyl (C=O) groups is 1.